The van der Waals surface area contributed by atoms with Crippen molar-refractivity contribution in [2.75, 3.05) is 23.7 Å². The number of thiocarbonyl (C=S) groups is 1. The number of aromatic nitrogens is 1. The molecule has 1 unspecified atom stereocenters. The molecule has 2 N–H and O–H groups in total. The van der Waals surface area contributed by atoms with Crippen molar-refractivity contribution < 1.29 is 4.74 Å². The highest BCUT2D eigenvalue weighted by Gasteiger charge is 2.58. The van der Waals surface area contributed by atoms with Crippen LogP contribution < -0.4 is 10.6 Å². The van der Waals surface area contributed by atoms with E-state index in [-0.39, 0.29) is 11.7 Å². The Morgan fingerprint density at radius 3 is 2.78 bits per heavy atom. The number of benzene rings is 2. The van der Waals surface area contributed by atoms with Crippen molar-refractivity contribution >= 4 is 39.6 Å². The average Bonchev–Trinajstić information content (AvgIpc) is 2.84. The molecule has 8 rings (SSSR count). The predicted octanol–water partition coefficient (Wildman–Crippen LogP) is 5.36. The molecule has 0 saturated carbocycles. The van der Waals surface area contributed by atoms with Crippen LogP contribution in [0.4, 0.5) is 11.4 Å². The van der Waals surface area contributed by atoms with Crippen LogP contribution in [0.1, 0.15) is 37.9 Å². The fourth-order valence-corrected chi connectivity index (χ4v) is 6.27. The monoisotopic (exact) mass is 444 g/mol. The van der Waals surface area contributed by atoms with Gasteiger partial charge in [-0.05, 0) is 85.9 Å². The van der Waals surface area contributed by atoms with E-state index in [0.717, 1.165) is 35.2 Å². The number of hydrogen-bond donors (Lipinski definition) is 2. The lowest BCUT2D eigenvalue weighted by molar-refractivity contribution is -0.274. The summed E-state index contributed by atoms with van der Waals surface area (Å²) in [6.45, 7) is 4.57. The van der Waals surface area contributed by atoms with E-state index in [2.05, 4.69) is 45.6 Å². The van der Waals surface area contributed by atoms with E-state index < -0.39 is 0 Å². The number of anilines is 2. The summed E-state index contributed by atoms with van der Waals surface area (Å²) in [5.74, 6) is 0.700. The molecule has 5 fully saturated rings. The molecule has 5 aliphatic heterocycles. The largest absolute Gasteiger partial charge is 0.364 e. The first-order valence-electron chi connectivity index (χ1n) is 11.6. The van der Waals surface area contributed by atoms with Gasteiger partial charge >= 0.3 is 0 Å². The highest BCUT2D eigenvalue weighted by molar-refractivity contribution is 7.80. The Bertz CT molecular complexity index is 1170. The van der Waals surface area contributed by atoms with Crippen LogP contribution in [0.15, 0.2) is 60.8 Å². The Morgan fingerprint density at radius 1 is 1.16 bits per heavy atom. The van der Waals surface area contributed by atoms with Crippen LogP contribution in [-0.4, -0.2) is 39.7 Å². The van der Waals surface area contributed by atoms with Crippen LogP contribution >= 0.6 is 12.2 Å². The van der Waals surface area contributed by atoms with Gasteiger partial charge in [0.1, 0.15) is 0 Å². The summed E-state index contributed by atoms with van der Waals surface area (Å²) in [4.78, 5) is 7.30. The number of piperidine rings is 3. The van der Waals surface area contributed by atoms with E-state index in [9.17, 15) is 0 Å². The number of para-hydroxylation sites is 1. The number of nitrogens with one attached hydrogen (secondary N) is 2. The standard InChI is InChI=1S/C26H28N4OS/c1-2-26-16-30-13-11-17(26)14-23(30)24(31-26)20-10-12-27-22-9-8-19(15-21(20)22)29-25(32)28-18-6-4-3-5-7-18/h3-10,12,15,17,23-24H,2,11,13-14,16H2,1H3,(H2,28,29,32)/t17-,23+,24-,26+/m0/s1. The maximum absolute atomic E-state index is 6.92. The van der Waals surface area contributed by atoms with Crippen LogP contribution in [0.25, 0.3) is 10.9 Å². The van der Waals surface area contributed by atoms with Gasteiger partial charge in [-0.1, -0.05) is 25.1 Å². The number of rotatable bonds is 4. The number of hydrogen-bond acceptors (Lipinski definition) is 4. The topological polar surface area (TPSA) is 49.4 Å². The van der Waals surface area contributed by atoms with Gasteiger partial charge in [0.15, 0.2) is 5.11 Å². The summed E-state index contributed by atoms with van der Waals surface area (Å²) in [6.07, 6.45) is 5.60. The van der Waals surface area contributed by atoms with E-state index >= 15 is 0 Å². The minimum absolute atomic E-state index is 0.00426. The zero-order valence-electron chi connectivity index (χ0n) is 18.3. The smallest absolute Gasteiger partial charge is 0.175 e. The Hall–Kier alpha value is -2.54. The maximum Gasteiger partial charge on any atom is 0.175 e. The Morgan fingerprint density at radius 2 is 2.00 bits per heavy atom. The first-order valence-corrected chi connectivity index (χ1v) is 12.0. The summed E-state index contributed by atoms with van der Waals surface area (Å²) < 4.78 is 6.92. The molecule has 0 amide bonds. The molecule has 1 aromatic heterocycles. The zero-order chi connectivity index (χ0) is 21.7. The number of fused-ring (bicyclic) bond motifs is 3. The van der Waals surface area contributed by atoms with E-state index in [0.29, 0.717) is 17.1 Å². The van der Waals surface area contributed by atoms with Crippen LogP contribution in [0.3, 0.4) is 0 Å². The van der Waals surface area contributed by atoms with Gasteiger partial charge in [0, 0.05) is 35.5 Å². The average molecular weight is 445 g/mol. The molecular formula is C26H28N4OS. The normalized spacial score (nSPS) is 30.4. The second-order valence-electron chi connectivity index (χ2n) is 9.29. The van der Waals surface area contributed by atoms with Crippen molar-refractivity contribution in [3.8, 4) is 0 Å². The van der Waals surface area contributed by atoms with E-state index in [1.807, 2.05) is 42.6 Å². The summed E-state index contributed by atoms with van der Waals surface area (Å²) in [5.41, 5.74) is 4.16. The quantitative estimate of drug-likeness (QED) is 0.529. The molecule has 5 nitrogen and oxygen atoms in total. The molecule has 164 valence electrons. The first kappa shape index (κ1) is 20.1. The summed E-state index contributed by atoms with van der Waals surface area (Å²) in [5, 5.41) is 8.29. The predicted molar refractivity (Wildman–Crippen MR) is 133 cm³/mol. The molecule has 0 radical (unpaired) electrons. The Balaban J connectivity index is 1.31. The molecule has 2 aromatic carbocycles. The van der Waals surface area contributed by atoms with Crippen LogP contribution in [-0.2, 0) is 4.74 Å². The van der Waals surface area contributed by atoms with Crippen molar-refractivity contribution in [1.82, 2.24) is 9.88 Å². The zero-order valence-corrected chi connectivity index (χ0v) is 19.1. The Kier molecular flexibility index (Phi) is 4.90. The molecule has 6 heteroatoms. The van der Waals surface area contributed by atoms with Gasteiger partial charge in [0.25, 0.3) is 0 Å². The van der Waals surface area contributed by atoms with Crippen LogP contribution in [0, 0.1) is 5.92 Å². The molecule has 0 spiro atoms. The van der Waals surface area contributed by atoms with Crippen LogP contribution in [0.2, 0.25) is 0 Å². The number of nitrogens with zero attached hydrogens (tertiary/aromatic N) is 2. The fourth-order valence-electron chi connectivity index (χ4n) is 6.04. The third-order valence-electron chi connectivity index (χ3n) is 7.66. The lowest BCUT2D eigenvalue weighted by Crippen LogP contribution is -2.70. The summed E-state index contributed by atoms with van der Waals surface area (Å²) >= 11 is 5.54. The lowest BCUT2D eigenvalue weighted by atomic mass is 9.66. The third kappa shape index (κ3) is 3.29. The molecular weight excluding hydrogens is 416 g/mol. The Labute approximate surface area is 194 Å². The molecule has 5 saturated heterocycles. The first-order chi connectivity index (χ1) is 15.6. The van der Waals surface area contributed by atoms with Gasteiger partial charge in [0.2, 0.25) is 0 Å². The maximum atomic E-state index is 6.92. The lowest BCUT2D eigenvalue weighted by Gasteiger charge is -2.64. The molecule has 4 bridgehead atoms. The van der Waals surface area contributed by atoms with Crippen molar-refractivity contribution in [1.29, 1.82) is 0 Å². The van der Waals surface area contributed by atoms with E-state index in [4.69, 9.17) is 17.0 Å². The van der Waals surface area contributed by atoms with Crippen molar-refractivity contribution in [2.24, 2.45) is 5.92 Å². The minimum atomic E-state index is 0.00426. The molecule has 3 aromatic rings. The molecule has 5 atom stereocenters. The fraction of sp³-hybridized carbons (Fsp3) is 0.385. The van der Waals surface area contributed by atoms with Crippen molar-refractivity contribution in [2.45, 2.75) is 43.9 Å². The van der Waals surface area contributed by atoms with Gasteiger partial charge in [-0.3, -0.25) is 9.88 Å². The van der Waals surface area contributed by atoms with Crippen LogP contribution in [0.5, 0.6) is 0 Å². The second-order valence-corrected chi connectivity index (χ2v) is 9.70. The molecule has 5 aliphatic rings. The number of morpholine rings is 1. The molecule has 0 aliphatic carbocycles. The summed E-state index contributed by atoms with van der Waals surface area (Å²) in [6, 6.07) is 18.8. The number of pyridine rings is 1. The minimum Gasteiger partial charge on any atom is -0.364 e. The van der Waals surface area contributed by atoms with E-state index in [1.165, 1.54) is 24.9 Å². The third-order valence-corrected chi connectivity index (χ3v) is 7.86. The van der Waals surface area contributed by atoms with E-state index in [1.54, 1.807) is 0 Å². The van der Waals surface area contributed by atoms with Crippen molar-refractivity contribution in [3.05, 3.63) is 66.4 Å². The second kappa shape index (κ2) is 7.80. The van der Waals surface area contributed by atoms with Gasteiger partial charge in [-0.15, -0.1) is 0 Å². The highest BCUT2D eigenvalue weighted by Crippen LogP contribution is 2.54. The van der Waals surface area contributed by atoms with Gasteiger partial charge in [-0.25, -0.2) is 0 Å². The molecule has 32 heavy (non-hydrogen) atoms. The summed E-state index contributed by atoms with van der Waals surface area (Å²) in [7, 11) is 0. The highest BCUT2D eigenvalue weighted by atomic mass is 32.1. The van der Waals surface area contributed by atoms with Crippen molar-refractivity contribution in [3.63, 3.8) is 0 Å². The number of ether oxygens (including phenoxy) is 1. The molecule has 6 heterocycles. The van der Waals surface area contributed by atoms with Gasteiger partial charge in [-0.2, -0.15) is 0 Å². The van der Waals surface area contributed by atoms with Gasteiger partial charge < -0.3 is 15.4 Å². The SMILES string of the molecule is CC[C@@]12CN3CC[C@H]1C[C@@H]3[C@H](c1ccnc3ccc(NC(=S)Nc4ccccc4)cc13)O2. The van der Waals surface area contributed by atoms with Gasteiger partial charge in [0.05, 0.1) is 17.2 Å².